The molecule has 168 valence electrons. The molecule has 1 unspecified atom stereocenters. The number of rotatable bonds is 7. The lowest BCUT2D eigenvalue weighted by Gasteiger charge is -2.16. The van der Waals surface area contributed by atoms with Crippen molar-refractivity contribution in [3.63, 3.8) is 0 Å². The maximum Gasteiger partial charge on any atom is 0.422 e. The number of nitrogens with one attached hydrogen (secondary N) is 3. The van der Waals surface area contributed by atoms with Crippen molar-refractivity contribution in [3.05, 3.63) is 59.4 Å². The first-order valence-electron chi connectivity index (χ1n) is 8.73. The van der Waals surface area contributed by atoms with Gasteiger partial charge in [0.1, 0.15) is 5.75 Å². The molecule has 0 aliphatic heterocycles. The lowest BCUT2D eigenvalue weighted by Crippen LogP contribution is -2.41. The number of anilines is 1. The van der Waals surface area contributed by atoms with E-state index in [4.69, 9.17) is 0 Å². The average Bonchev–Trinajstić information content (AvgIpc) is 2.71. The summed E-state index contributed by atoms with van der Waals surface area (Å²) in [6.07, 6.45) is -4.46. The van der Waals surface area contributed by atoms with Gasteiger partial charge in [-0.1, -0.05) is 12.1 Å². The summed E-state index contributed by atoms with van der Waals surface area (Å²) in [6, 6.07) is 5.63. The molecule has 3 N–H and O–H groups in total. The molecule has 1 atom stereocenters. The van der Waals surface area contributed by atoms with Gasteiger partial charge in [0.2, 0.25) is 5.91 Å². The number of carbonyl (C=O) groups is 2. The minimum Gasteiger partial charge on any atom is -0.484 e. The van der Waals surface area contributed by atoms with Crippen LogP contribution in [0.1, 0.15) is 18.5 Å². The molecular weight excluding hydrogens is 432 g/mol. The molecule has 0 radical (unpaired) electrons. The lowest BCUT2D eigenvalue weighted by atomic mass is 10.1. The van der Waals surface area contributed by atoms with Gasteiger partial charge in [-0.3, -0.25) is 4.79 Å². The molecule has 6 nitrogen and oxygen atoms in total. The van der Waals surface area contributed by atoms with Crippen molar-refractivity contribution in [3.8, 4) is 5.75 Å². The fraction of sp³-hybridized carbons (Fsp3) is 0.263. The van der Waals surface area contributed by atoms with Gasteiger partial charge >= 0.3 is 12.2 Å². The van der Waals surface area contributed by atoms with Crippen LogP contribution < -0.4 is 20.7 Å². The number of hydrogen-bond donors (Lipinski definition) is 3. The predicted octanol–water partition coefficient (Wildman–Crippen LogP) is 4.04. The topological polar surface area (TPSA) is 79.5 Å². The highest BCUT2D eigenvalue weighted by Gasteiger charge is 2.28. The van der Waals surface area contributed by atoms with Crippen LogP contribution in [0, 0.1) is 17.5 Å². The Morgan fingerprint density at radius 1 is 1.00 bits per heavy atom. The SMILES string of the molecule is CC(NC(=O)NCC(=O)Nc1ccc(F)c(F)c1F)c1ccc(OCC(F)(F)F)cc1. The standard InChI is InChI=1S/C19H17F6N3O3/c1-10(11-2-4-12(5-3-11)31-9-19(23,24)25)27-18(30)26-8-15(29)28-14-7-6-13(20)16(21)17(14)22/h2-7,10H,8-9H2,1H3,(H,28,29)(H2,26,27,30). The molecule has 0 spiro atoms. The number of ether oxygens (including phenoxy) is 1. The van der Waals surface area contributed by atoms with E-state index in [0.717, 1.165) is 6.07 Å². The number of carbonyl (C=O) groups excluding carboxylic acids is 2. The molecule has 0 aliphatic carbocycles. The number of amides is 3. The van der Waals surface area contributed by atoms with Crippen LogP contribution in [0.15, 0.2) is 36.4 Å². The van der Waals surface area contributed by atoms with E-state index in [1.807, 2.05) is 5.32 Å². The molecule has 0 aliphatic rings. The van der Waals surface area contributed by atoms with Crippen molar-refractivity contribution < 1.29 is 40.7 Å². The molecular formula is C19H17F6N3O3. The highest BCUT2D eigenvalue weighted by molar-refractivity contribution is 5.94. The summed E-state index contributed by atoms with van der Waals surface area (Å²) in [7, 11) is 0. The Bertz CT molecular complexity index is 935. The number of halogens is 6. The molecule has 31 heavy (non-hydrogen) atoms. The van der Waals surface area contributed by atoms with Crippen LogP contribution in [-0.2, 0) is 4.79 Å². The first kappa shape index (κ1) is 23.8. The molecule has 0 saturated heterocycles. The van der Waals surface area contributed by atoms with Crippen LogP contribution in [0.5, 0.6) is 5.75 Å². The minimum absolute atomic E-state index is 0.00106. The summed E-state index contributed by atoms with van der Waals surface area (Å²) >= 11 is 0. The first-order chi connectivity index (χ1) is 14.5. The summed E-state index contributed by atoms with van der Waals surface area (Å²) in [5.41, 5.74) is -0.0462. The summed E-state index contributed by atoms with van der Waals surface area (Å²) in [5.74, 6) is -5.62. The van der Waals surface area contributed by atoms with Gasteiger partial charge < -0.3 is 20.7 Å². The summed E-state index contributed by atoms with van der Waals surface area (Å²) in [5, 5.41) is 6.67. The van der Waals surface area contributed by atoms with E-state index in [9.17, 15) is 35.9 Å². The second kappa shape index (κ2) is 10.0. The Hall–Kier alpha value is -3.44. The van der Waals surface area contributed by atoms with Gasteiger partial charge in [-0.25, -0.2) is 18.0 Å². The molecule has 12 heteroatoms. The van der Waals surface area contributed by atoms with Gasteiger partial charge in [0.25, 0.3) is 0 Å². The van der Waals surface area contributed by atoms with Gasteiger partial charge in [-0.2, -0.15) is 13.2 Å². The van der Waals surface area contributed by atoms with Gasteiger partial charge in [0, 0.05) is 0 Å². The Morgan fingerprint density at radius 2 is 1.65 bits per heavy atom. The largest absolute Gasteiger partial charge is 0.484 e. The van der Waals surface area contributed by atoms with Crippen molar-refractivity contribution in [1.29, 1.82) is 0 Å². The molecule has 0 bridgehead atoms. The third-order valence-electron chi connectivity index (χ3n) is 3.85. The van der Waals surface area contributed by atoms with E-state index in [2.05, 4.69) is 15.4 Å². The van der Waals surface area contributed by atoms with Crippen LogP contribution >= 0.6 is 0 Å². The molecule has 0 heterocycles. The fourth-order valence-electron chi connectivity index (χ4n) is 2.33. The molecule has 3 amide bonds. The second-order valence-corrected chi connectivity index (χ2v) is 6.29. The lowest BCUT2D eigenvalue weighted by molar-refractivity contribution is -0.153. The van der Waals surface area contributed by atoms with Gasteiger partial charge in [-0.15, -0.1) is 0 Å². The maximum absolute atomic E-state index is 13.5. The number of alkyl halides is 3. The number of urea groups is 1. The molecule has 2 aromatic rings. The van der Waals surface area contributed by atoms with E-state index >= 15 is 0 Å². The van der Waals surface area contributed by atoms with Crippen molar-refractivity contribution in [2.45, 2.75) is 19.1 Å². The Labute approximate surface area is 172 Å². The Balaban J connectivity index is 1.81. The van der Waals surface area contributed by atoms with E-state index in [1.54, 1.807) is 6.92 Å². The van der Waals surface area contributed by atoms with Gasteiger partial charge in [-0.05, 0) is 36.8 Å². The smallest absolute Gasteiger partial charge is 0.422 e. The third-order valence-corrected chi connectivity index (χ3v) is 3.85. The summed E-state index contributed by atoms with van der Waals surface area (Å²) in [4.78, 5) is 23.7. The second-order valence-electron chi connectivity index (χ2n) is 6.29. The number of hydrogen-bond acceptors (Lipinski definition) is 3. The van der Waals surface area contributed by atoms with Crippen molar-refractivity contribution in [1.82, 2.24) is 10.6 Å². The van der Waals surface area contributed by atoms with Gasteiger partial charge in [0.05, 0.1) is 18.3 Å². The zero-order valence-electron chi connectivity index (χ0n) is 15.9. The van der Waals surface area contributed by atoms with Crippen molar-refractivity contribution in [2.24, 2.45) is 0 Å². The number of benzene rings is 2. The quantitative estimate of drug-likeness (QED) is 0.441. The maximum atomic E-state index is 13.5. The Morgan fingerprint density at radius 3 is 2.26 bits per heavy atom. The van der Waals surface area contributed by atoms with Crippen LogP contribution in [0.3, 0.4) is 0 Å². The van der Waals surface area contributed by atoms with E-state index in [1.165, 1.54) is 24.3 Å². The van der Waals surface area contributed by atoms with Crippen LogP contribution in [0.2, 0.25) is 0 Å². The average molecular weight is 449 g/mol. The normalized spacial score (nSPS) is 12.1. The molecule has 0 aromatic heterocycles. The minimum atomic E-state index is -4.46. The van der Waals surface area contributed by atoms with Gasteiger partial charge in [0.15, 0.2) is 24.1 Å². The Kier molecular flexibility index (Phi) is 7.72. The highest BCUT2D eigenvalue weighted by Crippen LogP contribution is 2.21. The summed E-state index contributed by atoms with van der Waals surface area (Å²) in [6.45, 7) is -0.442. The third kappa shape index (κ3) is 7.39. The van der Waals surface area contributed by atoms with Crippen molar-refractivity contribution >= 4 is 17.6 Å². The summed E-state index contributed by atoms with van der Waals surface area (Å²) < 4.78 is 80.5. The van der Waals surface area contributed by atoms with Crippen LogP contribution in [0.4, 0.5) is 36.8 Å². The zero-order valence-corrected chi connectivity index (χ0v) is 15.9. The molecule has 2 rings (SSSR count). The fourth-order valence-corrected chi connectivity index (χ4v) is 2.33. The molecule has 2 aromatic carbocycles. The molecule has 0 fully saturated rings. The highest BCUT2D eigenvalue weighted by atomic mass is 19.4. The van der Waals surface area contributed by atoms with E-state index in [0.29, 0.717) is 11.6 Å². The molecule has 0 saturated carbocycles. The van der Waals surface area contributed by atoms with Crippen LogP contribution in [0.25, 0.3) is 0 Å². The zero-order chi connectivity index (χ0) is 23.2. The van der Waals surface area contributed by atoms with E-state index < -0.39 is 60.4 Å². The van der Waals surface area contributed by atoms with Crippen molar-refractivity contribution in [2.75, 3.05) is 18.5 Å². The monoisotopic (exact) mass is 449 g/mol. The van der Waals surface area contributed by atoms with E-state index in [-0.39, 0.29) is 5.75 Å². The van der Waals surface area contributed by atoms with Crippen LogP contribution in [-0.4, -0.2) is 31.3 Å². The predicted molar refractivity (Wildman–Crippen MR) is 97.9 cm³/mol. The first-order valence-corrected chi connectivity index (χ1v) is 8.73.